The molecule has 2 N–H and O–H groups in total. The summed E-state index contributed by atoms with van der Waals surface area (Å²) in [6, 6.07) is 4.72. The van der Waals surface area contributed by atoms with Crippen LogP contribution in [0.25, 0.3) is 0 Å². The first-order chi connectivity index (χ1) is 8.93. The summed E-state index contributed by atoms with van der Waals surface area (Å²) in [6.07, 6.45) is 1.38. The van der Waals surface area contributed by atoms with E-state index < -0.39 is 17.8 Å². The summed E-state index contributed by atoms with van der Waals surface area (Å²) in [5.74, 6) is -1.78. The maximum absolute atomic E-state index is 12.8. The molecule has 0 aromatic heterocycles. The lowest BCUT2D eigenvalue weighted by atomic mass is 10.0. The molecule has 5 heteroatoms. The summed E-state index contributed by atoms with van der Waals surface area (Å²) in [7, 11) is 0. The molecule has 0 radical (unpaired) electrons. The van der Waals surface area contributed by atoms with Crippen molar-refractivity contribution >= 4 is 11.9 Å². The molecule has 1 aromatic rings. The van der Waals surface area contributed by atoms with Crippen molar-refractivity contribution in [1.29, 1.82) is 0 Å². The van der Waals surface area contributed by atoms with Crippen LogP contribution >= 0.6 is 0 Å². The van der Waals surface area contributed by atoms with Gasteiger partial charge in [0.25, 0.3) is 0 Å². The molecule has 0 aliphatic rings. The number of allylic oxidation sites excluding steroid dienone is 1. The van der Waals surface area contributed by atoms with Gasteiger partial charge in [0.05, 0.1) is 12.5 Å². The highest BCUT2D eigenvalue weighted by Gasteiger charge is 2.18. The largest absolute Gasteiger partial charge is 0.481 e. The van der Waals surface area contributed by atoms with Crippen molar-refractivity contribution in [3.8, 4) is 0 Å². The molecule has 0 bridgehead atoms. The Bertz CT molecular complexity index is 494. The van der Waals surface area contributed by atoms with Gasteiger partial charge in [-0.25, -0.2) is 4.39 Å². The van der Waals surface area contributed by atoms with Crippen molar-refractivity contribution in [3.63, 3.8) is 0 Å². The molecule has 19 heavy (non-hydrogen) atoms. The predicted molar refractivity (Wildman–Crippen MR) is 69.0 cm³/mol. The normalized spacial score (nSPS) is 12.9. The molecular formula is C14H16FNO3. The number of hydrogen-bond acceptors (Lipinski definition) is 2. The highest BCUT2D eigenvalue weighted by atomic mass is 19.1. The first kappa shape index (κ1) is 14.9. The third-order valence-corrected chi connectivity index (χ3v) is 2.75. The first-order valence-corrected chi connectivity index (χ1v) is 5.85. The van der Waals surface area contributed by atoms with Gasteiger partial charge in [0.15, 0.2) is 0 Å². The van der Waals surface area contributed by atoms with Gasteiger partial charge in [-0.1, -0.05) is 18.2 Å². The zero-order valence-corrected chi connectivity index (χ0v) is 10.8. The molecule has 1 rings (SSSR count). The molecule has 0 spiro atoms. The number of carboxylic acid groups (broad SMARTS) is 1. The standard InChI is InChI=1S/C14H16FNO3/c1-3-9(2)14(19)16-12(8-13(17)18)10-4-6-11(15)7-5-10/h3-7,12H,8H2,1-2H3,(H,16,19)(H,17,18)/b9-3-. The minimum Gasteiger partial charge on any atom is -0.481 e. The fourth-order valence-electron chi connectivity index (χ4n) is 1.53. The van der Waals surface area contributed by atoms with Crippen LogP contribution in [0.2, 0.25) is 0 Å². The number of rotatable bonds is 5. The highest BCUT2D eigenvalue weighted by Crippen LogP contribution is 2.18. The zero-order chi connectivity index (χ0) is 14.4. The van der Waals surface area contributed by atoms with Crippen LogP contribution in [0.1, 0.15) is 31.9 Å². The van der Waals surface area contributed by atoms with Crippen LogP contribution in [0.5, 0.6) is 0 Å². The molecule has 0 saturated heterocycles. The SMILES string of the molecule is C/C=C(/C)C(=O)NC(CC(=O)O)c1ccc(F)cc1. The van der Waals surface area contributed by atoms with Gasteiger partial charge < -0.3 is 10.4 Å². The van der Waals surface area contributed by atoms with E-state index in [-0.39, 0.29) is 12.3 Å². The third-order valence-electron chi connectivity index (χ3n) is 2.75. The van der Waals surface area contributed by atoms with Gasteiger partial charge in [-0.05, 0) is 31.5 Å². The summed E-state index contributed by atoms with van der Waals surface area (Å²) in [6.45, 7) is 3.36. The Kier molecular flexibility index (Phi) is 5.23. The molecule has 4 nitrogen and oxygen atoms in total. The van der Waals surface area contributed by atoms with Gasteiger partial charge in [-0.3, -0.25) is 9.59 Å². The number of aliphatic carboxylic acids is 1. The van der Waals surface area contributed by atoms with E-state index in [0.717, 1.165) is 0 Å². The summed E-state index contributed by atoms with van der Waals surface area (Å²) >= 11 is 0. The van der Waals surface area contributed by atoms with Crippen LogP contribution < -0.4 is 5.32 Å². The summed E-state index contributed by atoms with van der Waals surface area (Å²) in [4.78, 5) is 22.6. The molecule has 0 saturated carbocycles. The molecule has 0 heterocycles. The molecule has 0 aliphatic heterocycles. The van der Waals surface area contributed by atoms with E-state index in [1.54, 1.807) is 19.9 Å². The smallest absolute Gasteiger partial charge is 0.305 e. The minimum atomic E-state index is -1.03. The van der Waals surface area contributed by atoms with Crippen molar-refractivity contribution in [2.75, 3.05) is 0 Å². The van der Waals surface area contributed by atoms with Crippen molar-refractivity contribution in [2.24, 2.45) is 0 Å². The molecular weight excluding hydrogens is 249 g/mol. The van der Waals surface area contributed by atoms with Crippen LogP contribution in [0.15, 0.2) is 35.9 Å². The second-order valence-electron chi connectivity index (χ2n) is 4.15. The van der Waals surface area contributed by atoms with E-state index in [0.29, 0.717) is 11.1 Å². The van der Waals surface area contributed by atoms with Crippen molar-refractivity contribution in [1.82, 2.24) is 5.32 Å². The number of hydrogen-bond donors (Lipinski definition) is 2. The number of carbonyl (C=O) groups excluding carboxylic acids is 1. The van der Waals surface area contributed by atoms with E-state index in [9.17, 15) is 14.0 Å². The Morgan fingerprint density at radius 3 is 2.42 bits per heavy atom. The van der Waals surface area contributed by atoms with E-state index in [4.69, 9.17) is 5.11 Å². The monoisotopic (exact) mass is 265 g/mol. The predicted octanol–water partition coefficient (Wildman–Crippen LogP) is 2.42. The second kappa shape index (κ2) is 6.68. The van der Waals surface area contributed by atoms with Gasteiger partial charge in [0.2, 0.25) is 5.91 Å². The number of halogens is 1. The van der Waals surface area contributed by atoms with Gasteiger partial charge in [-0.2, -0.15) is 0 Å². The van der Waals surface area contributed by atoms with E-state index in [1.165, 1.54) is 24.3 Å². The first-order valence-electron chi connectivity index (χ1n) is 5.85. The number of amides is 1. The maximum Gasteiger partial charge on any atom is 0.305 e. The number of nitrogens with one attached hydrogen (secondary N) is 1. The molecule has 102 valence electrons. The minimum absolute atomic E-state index is 0.256. The lowest BCUT2D eigenvalue weighted by molar-refractivity contribution is -0.137. The molecule has 0 fully saturated rings. The second-order valence-corrected chi connectivity index (χ2v) is 4.15. The van der Waals surface area contributed by atoms with E-state index >= 15 is 0 Å². The van der Waals surface area contributed by atoms with Crippen LogP contribution in [-0.2, 0) is 9.59 Å². The third kappa shape index (κ3) is 4.54. The van der Waals surface area contributed by atoms with Gasteiger partial charge >= 0.3 is 5.97 Å². The van der Waals surface area contributed by atoms with Crippen molar-refractivity contribution < 1.29 is 19.1 Å². The Morgan fingerprint density at radius 2 is 1.95 bits per heavy atom. The fraction of sp³-hybridized carbons (Fsp3) is 0.286. The van der Waals surface area contributed by atoms with E-state index in [1.807, 2.05) is 0 Å². The summed E-state index contributed by atoms with van der Waals surface area (Å²) < 4.78 is 12.8. The average Bonchev–Trinajstić information content (AvgIpc) is 2.37. The summed E-state index contributed by atoms with van der Waals surface area (Å²) in [5, 5.41) is 11.5. The van der Waals surface area contributed by atoms with Crippen LogP contribution in [-0.4, -0.2) is 17.0 Å². The molecule has 1 amide bonds. The Hall–Kier alpha value is -2.17. The maximum atomic E-state index is 12.8. The summed E-state index contributed by atoms with van der Waals surface area (Å²) in [5.41, 5.74) is 1.05. The van der Waals surface area contributed by atoms with Crippen LogP contribution in [0, 0.1) is 5.82 Å². The van der Waals surface area contributed by atoms with Crippen molar-refractivity contribution in [3.05, 3.63) is 47.3 Å². The molecule has 1 atom stereocenters. The zero-order valence-electron chi connectivity index (χ0n) is 10.8. The molecule has 0 aliphatic carbocycles. The fourth-order valence-corrected chi connectivity index (χ4v) is 1.53. The lowest BCUT2D eigenvalue weighted by Gasteiger charge is -2.17. The Morgan fingerprint density at radius 1 is 1.37 bits per heavy atom. The Balaban J connectivity index is 2.92. The topological polar surface area (TPSA) is 66.4 Å². The number of benzene rings is 1. The average molecular weight is 265 g/mol. The molecule has 1 unspecified atom stereocenters. The Labute approximate surface area is 110 Å². The van der Waals surface area contributed by atoms with Gasteiger partial charge in [0.1, 0.15) is 5.82 Å². The van der Waals surface area contributed by atoms with Crippen LogP contribution in [0.4, 0.5) is 4.39 Å². The van der Waals surface area contributed by atoms with Crippen LogP contribution in [0.3, 0.4) is 0 Å². The van der Waals surface area contributed by atoms with Gasteiger partial charge in [0, 0.05) is 5.57 Å². The lowest BCUT2D eigenvalue weighted by Crippen LogP contribution is -2.30. The quantitative estimate of drug-likeness (QED) is 0.803. The van der Waals surface area contributed by atoms with E-state index in [2.05, 4.69) is 5.32 Å². The molecule has 1 aromatic carbocycles. The number of carbonyl (C=O) groups is 2. The van der Waals surface area contributed by atoms with Gasteiger partial charge in [-0.15, -0.1) is 0 Å². The van der Waals surface area contributed by atoms with Crippen molar-refractivity contribution in [2.45, 2.75) is 26.3 Å². The number of carboxylic acids is 1. The highest BCUT2D eigenvalue weighted by molar-refractivity contribution is 5.93.